The minimum absolute atomic E-state index is 0.133. The van der Waals surface area contributed by atoms with Gasteiger partial charge < -0.3 is 20.1 Å². The quantitative estimate of drug-likeness (QED) is 0.734. The van der Waals surface area contributed by atoms with Crippen LogP contribution < -0.4 is 10.6 Å². The van der Waals surface area contributed by atoms with Crippen molar-refractivity contribution in [1.82, 2.24) is 14.4 Å². The second-order valence-corrected chi connectivity index (χ2v) is 5.12. The lowest BCUT2D eigenvalue weighted by Gasteiger charge is -2.16. The minimum atomic E-state index is -0.192. The number of hydrogen-bond acceptors (Lipinski definition) is 5. The maximum Gasteiger partial charge on any atom is 0.180 e. The van der Waals surface area contributed by atoms with E-state index in [1.54, 1.807) is 6.20 Å². The largest absolute Gasteiger partial charge is 0.394 e. The number of anilines is 2. The zero-order valence-electron chi connectivity index (χ0n) is 11.1. The van der Waals surface area contributed by atoms with Gasteiger partial charge in [-0.15, -0.1) is 0 Å². The third-order valence-electron chi connectivity index (χ3n) is 3.47. The van der Waals surface area contributed by atoms with Crippen LogP contribution in [-0.2, 0) is 0 Å². The average Bonchev–Trinajstić information content (AvgIpc) is 3.03. The summed E-state index contributed by atoms with van der Waals surface area (Å²) < 4.78 is 1.95. The van der Waals surface area contributed by atoms with Crippen molar-refractivity contribution in [2.24, 2.45) is 0 Å². The lowest BCUT2D eigenvalue weighted by atomic mass is 10.3. The van der Waals surface area contributed by atoms with E-state index in [9.17, 15) is 5.11 Å². The molecule has 2 heterocycles. The van der Waals surface area contributed by atoms with Crippen molar-refractivity contribution in [2.45, 2.75) is 31.7 Å². The van der Waals surface area contributed by atoms with E-state index < -0.39 is 0 Å². The third kappa shape index (κ3) is 2.35. The van der Waals surface area contributed by atoms with Crippen molar-refractivity contribution in [2.75, 3.05) is 23.8 Å². The van der Waals surface area contributed by atoms with Crippen LogP contribution in [-0.4, -0.2) is 38.2 Å². The zero-order valence-corrected chi connectivity index (χ0v) is 11.1. The van der Waals surface area contributed by atoms with Crippen LogP contribution in [0.3, 0.4) is 0 Å². The molecule has 1 aliphatic carbocycles. The summed E-state index contributed by atoms with van der Waals surface area (Å²) in [7, 11) is 0. The molecule has 102 valence electrons. The fourth-order valence-electron chi connectivity index (χ4n) is 2.08. The number of nitrogens with one attached hydrogen (secondary N) is 2. The van der Waals surface area contributed by atoms with Crippen LogP contribution in [0.5, 0.6) is 0 Å². The molecule has 3 rings (SSSR count). The fourth-order valence-corrected chi connectivity index (χ4v) is 2.08. The molecule has 0 atom stereocenters. The average molecular weight is 261 g/mol. The molecule has 19 heavy (non-hydrogen) atoms. The van der Waals surface area contributed by atoms with Gasteiger partial charge in [-0.25, -0.2) is 9.97 Å². The fraction of sp³-hybridized carbons (Fsp3) is 0.538. The van der Waals surface area contributed by atoms with Crippen LogP contribution in [0.4, 0.5) is 11.6 Å². The molecule has 0 amide bonds. The van der Waals surface area contributed by atoms with E-state index in [1.807, 2.05) is 16.8 Å². The highest BCUT2D eigenvalue weighted by molar-refractivity contribution is 5.67. The number of nitrogens with zero attached hydrogens (tertiary/aromatic N) is 3. The number of imidazole rings is 1. The Balaban J connectivity index is 1.93. The third-order valence-corrected chi connectivity index (χ3v) is 3.47. The highest BCUT2D eigenvalue weighted by Crippen LogP contribution is 2.38. The predicted octanol–water partition coefficient (Wildman–Crippen LogP) is 1.49. The van der Waals surface area contributed by atoms with Gasteiger partial charge in [-0.05, 0) is 19.3 Å². The summed E-state index contributed by atoms with van der Waals surface area (Å²) in [5, 5.41) is 16.0. The molecule has 0 bridgehead atoms. The molecular weight excluding hydrogens is 242 g/mol. The summed E-state index contributed by atoms with van der Waals surface area (Å²) in [5.74, 6) is 1.56. The Hall–Kier alpha value is -1.82. The van der Waals surface area contributed by atoms with Crippen molar-refractivity contribution >= 4 is 17.3 Å². The summed E-state index contributed by atoms with van der Waals surface area (Å²) in [5.41, 5.74) is 0.602. The van der Waals surface area contributed by atoms with E-state index in [4.69, 9.17) is 0 Å². The van der Waals surface area contributed by atoms with Crippen LogP contribution >= 0.6 is 0 Å². The molecule has 0 aliphatic heterocycles. The summed E-state index contributed by atoms with van der Waals surface area (Å²) in [6.07, 6.45) is 8.59. The van der Waals surface area contributed by atoms with Gasteiger partial charge in [0, 0.05) is 18.9 Å². The van der Waals surface area contributed by atoms with Crippen LogP contribution in [0, 0.1) is 0 Å². The number of hydrogen-bond donors (Lipinski definition) is 3. The van der Waals surface area contributed by atoms with Gasteiger partial charge in [-0.2, -0.15) is 0 Å². The van der Waals surface area contributed by atoms with Crippen molar-refractivity contribution < 1.29 is 5.11 Å². The molecule has 3 N–H and O–H groups in total. The SMILES string of the molecule is CCCNc1cn2ccnc2c(NC2(CO)CC2)n1. The van der Waals surface area contributed by atoms with Gasteiger partial charge in [0.1, 0.15) is 5.82 Å². The van der Waals surface area contributed by atoms with Gasteiger partial charge in [0.15, 0.2) is 11.5 Å². The number of aromatic nitrogens is 3. The first-order valence-electron chi connectivity index (χ1n) is 6.73. The van der Waals surface area contributed by atoms with E-state index in [0.717, 1.165) is 43.1 Å². The molecule has 6 heteroatoms. The summed E-state index contributed by atoms with van der Waals surface area (Å²) in [6, 6.07) is 0. The summed E-state index contributed by atoms with van der Waals surface area (Å²) >= 11 is 0. The van der Waals surface area contributed by atoms with Gasteiger partial charge in [0.25, 0.3) is 0 Å². The Bertz CT molecular complexity index is 575. The number of fused-ring (bicyclic) bond motifs is 1. The van der Waals surface area contributed by atoms with E-state index in [-0.39, 0.29) is 12.1 Å². The van der Waals surface area contributed by atoms with E-state index >= 15 is 0 Å². The Morgan fingerprint density at radius 3 is 3.00 bits per heavy atom. The molecule has 0 unspecified atom stereocenters. The molecular formula is C13H19N5O. The molecule has 1 fully saturated rings. The molecule has 0 aromatic carbocycles. The number of aliphatic hydroxyl groups is 1. The zero-order chi connectivity index (χ0) is 13.3. The van der Waals surface area contributed by atoms with Gasteiger partial charge in [-0.1, -0.05) is 6.92 Å². The van der Waals surface area contributed by atoms with Gasteiger partial charge >= 0.3 is 0 Å². The molecule has 0 spiro atoms. The van der Waals surface area contributed by atoms with Crippen LogP contribution in [0.25, 0.3) is 5.65 Å². The molecule has 2 aromatic heterocycles. The second-order valence-electron chi connectivity index (χ2n) is 5.12. The topological polar surface area (TPSA) is 74.5 Å². The molecule has 6 nitrogen and oxygen atoms in total. The Labute approximate surface area is 111 Å². The first-order valence-corrected chi connectivity index (χ1v) is 6.73. The highest BCUT2D eigenvalue weighted by atomic mass is 16.3. The van der Waals surface area contributed by atoms with Gasteiger partial charge in [-0.3, -0.25) is 0 Å². The van der Waals surface area contributed by atoms with Crippen LogP contribution in [0.2, 0.25) is 0 Å². The molecule has 1 saturated carbocycles. The first kappa shape index (κ1) is 12.2. The molecule has 2 aromatic rings. The standard InChI is InChI=1S/C13H19N5O/c1-2-5-14-10-8-18-7-6-15-12(18)11(16-10)17-13(9-19)3-4-13/h6-8,14,19H,2-5,9H2,1H3,(H,16,17). The highest BCUT2D eigenvalue weighted by Gasteiger charge is 2.42. The number of rotatable bonds is 6. The van der Waals surface area contributed by atoms with Gasteiger partial charge in [0.2, 0.25) is 0 Å². The van der Waals surface area contributed by atoms with Crippen LogP contribution in [0.1, 0.15) is 26.2 Å². The maximum atomic E-state index is 9.42. The van der Waals surface area contributed by atoms with Crippen molar-refractivity contribution in [3.05, 3.63) is 18.6 Å². The second kappa shape index (κ2) is 4.70. The Morgan fingerprint density at radius 1 is 1.47 bits per heavy atom. The van der Waals surface area contributed by atoms with Crippen LogP contribution in [0.15, 0.2) is 18.6 Å². The van der Waals surface area contributed by atoms with E-state index in [2.05, 4.69) is 27.5 Å². The van der Waals surface area contributed by atoms with Crippen molar-refractivity contribution in [3.63, 3.8) is 0 Å². The normalized spacial score (nSPS) is 16.5. The molecule has 0 saturated heterocycles. The molecule has 1 aliphatic rings. The van der Waals surface area contributed by atoms with E-state index in [1.165, 1.54) is 0 Å². The maximum absolute atomic E-state index is 9.42. The van der Waals surface area contributed by atoms with E-state index in [0.29, 0.717) is 0 Å². The minimum Gasteiger partial charge on any atom is -0.394 e. The smallest absolute Gasteiger partial charge is 0.180 e. The van der Waals surface area contributed by atoms with Gasteiger partial charge in [0.05, 0.1) is 18.3 Å². The van der Waals surface area contributed by atoms with Crippen molar-refractivity contribution in [3.8, 4) is 0 Å². The van der Waals surface area contributed by atoms with Crippen molar-refractivity contribution in [1.29, 1.82) is 0 Å². The summed E-state index contributed by atoms with van der Waals surface area (Å²) in [4.78, 5) is 8.88. The lowest BCUT2D eigenvalue weighted by molar-refractivity contribution is 0.266. The molecule has 0 radical (unpaired) electrons. The Kier molecular flexibility index (Phi) is 3.02. The lowest BCUT2D eigenvalue weighted by Crippen LogP contribution is -2.26. The predicted molar refractivity (Wildman–Crippen MR) is 74.4 cm³/mol. The summed E-state index contributed by atoms with van der Waals surface area (Å²) in [6.45, 7) is 3.14. The Morgan fingerprint density at radius 2 is 2.32 bits per heavy atom. The number of aliphatic hydroxyl groups excluding tert-OH is 1. The first-order chi connectivity index (χ1) is 9.26. The monoisotopic (exact) mass is 261 g/mol.